The van der Waals surface area contributed by atoms with Crippen LogP contribution in [0.2, 0.25) is 0 Å². The molecule has 0 N–H and O–H groups in total. The number of ketones is 1. The molecule has 1 unspecified atom stereocenters. The van der Waals surface area contributed by atoms with Crippen LogP contribution in [0.15, 0.2) is 48.5 Å². The summed E-state index contributed by atoms with van der Waals surface area (Å²) in [5.74, 6) is -0.978. The first-order chi connectivity index (χ1) is 13.1. The second kappa shape index (κ2) is 10.4. The highest BCUT2D eigenvalue weighted by Crippen LogP contribution is 2.32. The van der Waals surface area contributed by atoms with Gasteiger partial charge >= 0.3 is 5.97 Å². The molecule has 0 amide bonds. The van der Waals surface area contributed by atoms with E-state index in [2.05, 4.69) is 0 Å². The lowest BCUT2D eigenvalue weighted by Gasteiger charge is -2.18. The van der Waals surface area contributed by atoms with Crippen molar-refractivity contribution in [3.8, 4) is 11.5 Å². The number of unbranched alkanes of at least 4 members (excludes halogenated alkanes) is 1. The van der Waals surface area contributed by atoms with Crippen molar-refractivity contribution in [1.82, 2.24) is 0 Å². The minimum atomic E-state index is -0.890. The summed E-state index contributed by atoms with van der Waals surface area (Å²) < 4.78 is 16.1. The fourth-order valence-electron chi connectivity index (χ4n) is 2.86. The van der Waals surface area contributed by atoms with E-state index in [9.17, 15) is 9.59 Å². The van der Waals surface area contributed by atoms with Crippen LogP contribution in [0.3, 0.4) is 0 Å². The molecule has 27 heavy (non-hydrogen) atoms. The van der Waals surface area contributed by atoms with E-state index >= 15 is 0 Å². The Kier molecular flexibility index (Phi) is 7.86. The summed E-state index contributed by atoms with van der Waals surface area (Å²) in [7, 11) is 2.97. The van der Waals surface area contributed by atoms with Gasteiger partial charge in [0.1, 0.15) is 29.6 Å². The van der Waals surface area contributed by atoms with Gasteiger partial charge in [0.2, 0.25) is 0 Å². The smallest absolute Gasteiger partial charge is 0.317 e. The molecule has 0 fully saturated rings. The van der Waals surface area contributed by atoms with Gasteiger partial charge in [-0.3, -0.25) is 9.59 Å². The van der Waals surface area contributed by atoms with Gasteiger partial charge in [-0.15, -0.1) is 0 Å². The Hall–Kier alpha value is -2.82. The van der Waals surface area contributed by atoms with E-state index in [-0.39, 0.29) is 18.0 Å². The van der Waals surface area contributed by atoms with Gasteiger partial charge in [0.05, 0.1) is 14.2 Å². The molecule has 5 heteroatoms. The number of Topliss-reactive ketones (excluding diaryl/α,β-unsaturated/α-hetero) is 1. The number of benzene rings is 2. The number of hydrogen-bond acceptors (Lipinski definition) is 5. The molecular weight excluding hydrogens is 344 g/mol. The van der Waals surface area contributed by atoms with Crippen molar-refractivity contribution >= 4 is 11.8 Å². The van der Waals surface area contributed by atoms with Crippen LogP contribution in [0.25, 0.3) is 0 Å². The van der Waals surface area contributed by atoms with E-state index < -0.39 is 11.9 Å². The number of carbonyl (C=O) groups excluding carboxylic acids is 2. The molecule has 0 radical (unpaired) electrons. The molecule has 1 atom stereocenters. The number of carbonyl (C=O) groups is 2. The van der Waals surface area contributed by atoms with Crippen LogP contribution in [0.4, 0.5) is 0 Å². The maximum Gasteiger partial charge on any atom is 0.317 e. The van der Waals surface area contributed by atoms with Crippen LogP contribution in [0, 0.1) is 5.92 Å². The first-order valence-electron chi connectivity index (χ1n) is 9.08. The summed E-state index contributed by atoms with van der Waals surface area (Å²) >= 11 is 0. The minimum absolute atomic E-state index is 0.138. The maximum absolute atomic E-state index is 13.2. The van der Waals surface area contributed by atoms with Gasteiger partial charge in [0.25, 0.3) is 0 Å². The zero-order valence-corrected chi connectivity index (χ0v) is 16.1. The standard InChI is InChI=1S/C22H26O5/c1-4-5-12-17(22(24)27-15-16-10-7-6-8-11-16)21(23)20-18(25-2)13-9-14-19(20)26-3/h6-11,13-14,17H,4-5,12,15H2,1-3H3. The molecule has 0 heterocycles. The highest BCUT2D eigenvalue weighted by Gasteiger charge is 2.32. The van der Waals surface area contributed by atoms with Crippen molar-refractivity contribution in [2.24, 2.45) is 5.92 Å². The Morgan fingerprint density at radius 3 is 2.11 bits per heavy atom. The number of hydrogen-bond donors (Lipinski definition) is 0. The Balaban J connectivity index is 2.24. The molecule has 2 aromatic rings. The van der Waals surface area contributed by atoms with Crippen LogP contribution in [0.5, 0.6) is 11.5 Å². The van der Waals surface area contributed by atoms with E-state index in [1.807, 2.05) is 37.3 Å². The monoisotopic (exact) mass is 370 g/mol. The summed E-state index contributed by atoms with van der Waals surface area (Å²) in [5.41, 5.74) is 1.16. The van der Waals surface area contributed by atoms with E-state index in [0.29, 0.717) is 17.9 Å². The zero-order chi connectivity index (χ0) is 19.6. The topological polar surface area (TPSA) is 61.8 Å². The predicted molar refractivity (Wildman–Crippen MR) is 103 cm³/mol. The Bertz CT molecular complexity index is 732. The quantitative estimate of drug-likeness (QED) is 0.352. The van der Waals surface area contributed by atoms with Gasteiger partial charge in [-0.25, -0.2) is 0 Å². The third-order valence-electron chi connectivity index (χ3n) is 4.35. The van der Waals surface area contributed by atoms with Crippen molar-refractivity contribution in [1.29, 1.82) is 0 Å². The van der Waals surface area contributed by atoms with Crippen molar-refractivity contribution < 1.29 is 23.8 Å². The highest BCUT2D eigenvalue weighted by molar-refractivity contribution is 6.11. The third kappa shape index (κ3) is 5.33. The molecule has 0 aliphatic rings. The van der Waals surface area contributed by atoms with Gasteiger partial charge in [0, 0.05) is 0 Å². The molecule has 144 valence electrons. The number of rotatable bonds is 10. The Labute approximate surface area is 160 Å². The van der Waals surface area contributed by atoms with Gasteiger partial charge in [0.15, 0.2) is 5.78 Å². The number of ether oxygens (including phenoxy) is 3. The largest absolute Gasteiger partial charge is 0.496 e. The lowest BCUT2D eigenvalue weighted by atomic mass is 9.91. The average molecular weight is 370 g/mol. The van der Waals surface area contributed by atoms with Crippen LogP contribution < -0.4 is 9.47 Å². The van der Waals surface area contributed by atoms with Crippen molar-refractivity contribution in [3.05, 3.63) is 59.7 Å². The van der Waals surface area contributed by atoms with Crippen LogP contribution in [-0.4, -0.2) is 26.0 Å². The minimum Gasteiger partial charge on any atom is -0.496 e. The zero-order valence-electron chi connectivity index (χ0n) is 16.1. The summed E-state index contributed by atoms with van der Waals surface area (Å²) in [6.07, 6.45) is 2.04. The van der Waals surface area contributed by atoms with E-state index in [0.717, 1.165) is 18.4 Å². The van der Waals surface area contributed by atoms with Crippen molar-refractivity contribution in [2.45, 2.75) is 32.8 Å². The first kappa shape index (κ1) is 20.5. The molecular formula is C22H26O5. The van der Waals surface area contributed by atoms with E-state index in [1.165, 1.54) is 14.2 Å². The highest BCUT2D eigenvalue weighted by atomic mass is 16.5. The fourth-order valence-corrected chi connectivity index (χ4v) is 2.86. The van der Waals surface area contributed by atoms with E-state index in [1.54, 1.807) is 18.2 Å². The first-order valence-corrected chi connectivity index (χ1v) is 9.08. The summed E-state index contributed by atoms with van der Waals surface area (Å²) in [4.78, 5) is 25.9. The Morgan fingerprint density at radius 1 is 0.926 bits per heavy atom. The van der Waals surface area contributed by atoms with Gasteiger partial charge in [-0.1, -0.05) is 56.2 Å². The van der Waals surface area contributed by atoms with E-state index in [4.69, 9.17) is 14.2 Å². The maximum atomic E-state index is 13.2. The van der Waals surface area contributed by atoms with Crippen molar-refractivity contribution in [3.63, 3.8) is 0 Å². The second-order valence-electron chi connectivity index (χ2n) is 6.19. The summed E-state index contributed by atoms with van der Waals surface area (Å²) in [6.45, 7) is 2.15. The van der Waals surface area contributed by atoms with Crippen LogP contribution in [-0.2, 0) is 16.1 Å². The fraction of sp³-hybridized carbons (Fsp3) is 0.364. The summed E-state index contributed by atoms with van der Waals surface area (Å²) in [5, 5.41) is 0. The molecule has 0 aromatic heterocycles. The number of esters is 1. The molecule has 0 saturated heterocycles. The van der Waals surface area contributed by atoms with Crippen LogP contribution >= 0.6 is 0 Å². The SMILES string of the molecule is CCCCC(C(=O)OCc1ccccc1)C(=O)c1c(OC)cccc1OC. The molecule has 2 rings (SSSR count). The third-order valence-corrected chi connectivity index (χ3v) is 4.35. The molecule has 0 saturated carbocycles. The molecule has 0 aliphatic carbocycles. The van der Waals surface area contributed by atoms with Gasteiger partial charge in [-0.05, 0) is 24.1 Å². The molecule has 0 aliphatic heterocycles. The Morgan fingerprint density at radius 2 is 1.56 bits per heavy atom. The molecule has 0 spiro atoms. The number of methoxy groups -OCH3 is 2. The van der Waals surface area contributed by atoms with Crippen molar-refractivity contribution in [2.75, 3.05) is 14.2 Å². The molecule has 0 bridgehead atoms. The predicted octanol–water partition coefficient (Wildman–Crippen LogP) is 4.44. The second-order valence-corrected chi connectivity index (χ2v) is 6.19. The lowest BCUT2D eigenvalue weighted by molar-refractivity contribution is -0.148. The summed E-state index contributed by atoms with van der Waals surface area (Å²) in [6, 6.07) is 14.5. The normalized spacial score (nSPS) is 11.5. The average Bonchev–Trinajstić information content (AvgIpc) is 2.72. The molecule has 5 nitrogen and oxygen atoms in total. The lowest BCUT2D eigenvalue weighted by Crippen LogP contribution is -2.27. The van der Waals surface area contributed by atoms with Gasteiger partial charge in [-0.2, -0.15) is 0 Å². The van der Waals surface area contributed by atoms with Gasteiger partial charge < -0.3 is 14.2 Å². The molecule has 2 aromatic carbocycles. The van der Waals surface area contributed by atoms with Crippen LogP contribution in [0.1, 0.15) is 42.1 Å².